The standard InChI is InChI=1S/C14H12N4O3/c19-7-8-3-4-15-12(5-8)18-14-16-10-2-1-9(13(20)21)6-11(10)17-14/h1-6,19H,7H2,(H,20,21)(H2,15,16,17,18). The Kier molecular flexibility index (Phi) is 3.25. The van der Waals surface area contributed by atoms with Gasteiger partial charge in [0.15, 0.2) is 0 Å². The fourth-order valence-electron chi connectivity index (χ4n) is 1.96. The lowest BCUT2D eigenvalue weighted by Crippen LogP contribution is -1.96. The van der Waals surface area contributed by atoms with Crippen molar-refractivity contribution in [3.63, 3.8) is 0 Å². The Morgan fingerprint density at radius 2 is 2.14 bits per heavy atom. The van der Waals surface area contributed by atoms with E-state index in [9.17, 15) is 4.79 Å². The molecule has 0 aliphatic carbocycles. The van der Waals surface area contributed by atoms with Crippen molar-refractivity contribution in [2.75, 3.05) is 5.32 Å². The second-order valence-electron chi connectivity index (χ2n) is 4.45. The van der Waals surface area contributed by atoms with Gasteiger partial charge in [-0.15, -0.1) is 0 Å². The topological polar surface area (TPSA) is 111 Å². The van der Waals surface area contributed by atoms with E-state index in [0.29, 0.717) is 22.8 Å². The summed E-state index contributed by atoms with van der Waals surface area (Å²) in [7, 11) is 0. The third-order valence-corrected chi connectivity index (χ3v) is 2.98. The van der Waals surface area contributed by atoms with E-state index in [1.54, 1.807) is 24.4 Å². The summed E-state index contributed by atoms with van der Waals surface area (Å²) in [5.74, 6) is 0.00696. The second-order valence-corrected chi connectivity index (χ2v) is 4.45. The summed E-state index contributed by atoms with van der Waals surface area (Å²) in [6.45, 7) is -0.0701. The number of imidazole rings is 1. The number of H-pyrrole nitrogens is 1. The Balaban J connectivity index is 1.92. The zero-order valence-corrected chi connectivity index (χ0v) is 10.9. The van der Waals surface area contributed by atoms with Crippen LogP contribution in [0.2, 0.25) is 0 Å². The lowest BCUT2D eigenvalue weighted by molar-refractivity contribution is 0.0697. The Hall–Kier alpha value is -2.93. The van der Waals surface area contributed by atoms with Crippen molar-refractivity contribution in [2.24, 2.45) is 0 Å². The summed E-state index contributed by atoms with van der Waals surface area (Å²) < 4.78 is 0. The number of pyridine rings is 1. The molecule has 7 nitrogen and oxygen atoms in total. The zero-order chi connectivity index (χ0) is 14.8. The van der Waals surface area contributed by atoms with E-state index >= 15 is 0 Å². The number of aliphatic hydroxyl groups is 1. The van der Waals surface area contributed by atoms with E-state index in [-0.39, 0.29) is 12.2 Å². The van der Waals surface area contributed by atoms with Gasteiger partial charge in [0.05, 0.1) is 23.2 Å². The molecule has 2 aromatic heterocycles. The van der Waals surface area contributed by atoms with E-state index in [1.807, 2.05) is 0 Å². The predicted molar refractivity (Wildman–Crippen MR) is 76.5 cm³/mol. The summed E-state index contributed by atoms with van der Waals surface area (Å²) in [6.07, 6.45) is 1.58. The highest BCUT2D eigenvalue weighted by Crippen LogP contribution is 2.19. The molecular formula is C14H12N4O3. The van der Waals surface area contributed by atoms with Gasteiger partial charge >= 0.3 is 5.97 Å². The molecule has 3 rings (SSSR count). The maximum absolute atomic E-state index is 10.9. The van der Waals surface area contributed by atoms with Crippen LogP contribution < -0.4 is 5.32 Å². The van der Waals surface area contributed by atoms with Gasteiger partial charge < -0.3 is 20.5 Å². The number of fused-ring (bicyclic) bond motifs is 1. The molecule has 4 N–H and O–H groups in total. The van der Waals surface area contributed by atoms with Crippen molar-refractivity contribution < 1.29 is 15.0 Å². The molecule has 2 heterocycles. The molecular weight excluding hydrogens is 272 g/mol. The van der Waals surface area contributed by atoms with Crippen LogP contribution in [0.25, 0.3) is 11.0 Å². The van der Waals surface area contributed by atoms with Crippen LogP contribution in [0.15, 0.2) is 36.5 Å². The maximum Gasteiger partial charge on any atom is 0.335 e. The minimum Gasteiger partial charge on any atom is -0.478 e. The predicted octanol–water partition coefficient (Wildman–Crippen LogP) is 1.89. The monoisotopic (exact) mass is 284 g/mol. The lowest BCUT2D eigenvalue weighted by Gasteiger charge is -2.02. The van der Waals surface area contributed by atoms with Crippen molar-refractivity contribution in [3.05, 3.63) is 47.7 Å². The van der Waals surface area contributed by atoms with Crippen LogP contribution in [0.1, 0.15) is 15.9 Å². The van der Waals surface area contributed by atoms with Crippen molar-refractivity contribution >= 4 is 28.8 Å². The quantitative estimate of drug-likeness (QED) is 0.582. The van der Waals surface area contributed by atoms with E-state index in [4.69, 9.17) is 10.2 Å². The number of carboxylic acid groups (broad SMARTS) is 1. The van der Waals surface area contributed by atoms with Gasteiger partial charge in [0, 0.05) is 6.20 Å². The molecule has 3 aromatic rings. The van der Waals surface area contributed by atoms with Gasteiger partial charge in [0.2, 0.25) is 5.95 Å². The maximum atomic E-state index is 10.9. The number of nitrogens with one attached hydrogen (secondary N) is 2. The normalized spacial score (nSPS) is 10.7. The van der Waals surface area contributed by atoms with E-state index in [0.717, 1.165) is 5.56 Å². The molecule has 7 heteroatoms. The third kappa shape index (κ3) is 2.67. The molecule has 0 aliphatic heterocycles. The number of hydrogen-bond donors (Lipinski definition) is 4. The Labute approximate surface area is 119 Å². The minimum absolute atomic E-state index is 0.0701. The molecule has 0 aliphatic rings. The molecule has 21 heavy (non-hydrogen) atoms. The van der Waals surface area contributed by atoms with Gasteiger partial charge in [-0.3, -0.25) is 0 Å². The average Bonchev–Trinajstić information content (AvgIpc) is 2.88. The molecule has 0 saturated heterocycles. The number of carbonyl (C=O) groups is 1. The number of benzene rings is 1. The van der Waals surface area contributed by atoms with Gasteiger partial charge in [0.25, 0.3) is 0 Å². The molecule has 0 bridgehead atoms. The van der Waals surface area contributed by atoms with E-state index in [2.05, 4.69) is 20.3 Å². The molecule has 0 atom stereocenters. The first-order valence-electron chi connectivity index (χ1n) is 6.21. The van der Waals surface area contributed by atoms with Crippen LogP contribution in [0.4, 0.5) is 11.8 Å². The average molecular weight is 284 g/mol. The summed E-state index contributed by atoms with van der Waals surface area (Å²) in [5.41, 5.74) is 2.20. The lowest BCUT2D eigenvalue weighted by atomic mass is 10.2. The fourth-order valence-corrected chi connectivity index (χ4v) is 1.96. The highest BCUT2D eigenvalue weighted by molar-refractivity contribution is 5.92. The van der Waals surface area contributed by atoms with Crippen LogP contribution in [-0.2, 0) is 6.61 Å². The summed E-state index contributed by atoms with van der Waals surface area (Å²) in [6, 6.07) is 8.07. The first-order chi connectivity index (χ1) is 10.2. The molecule has 0 saturated carbocycles. The number of hydrogen-bond acceptors (Lipinski definition) is 5. The number of rotatable bonds is 4. The van der Waals surface area contributed by atoms with Crippen LogP contribution in [0.5, 0.6) is 0 Å². The van der Waals surface area contributed by atoms with Crippen molar-refractivity contribution in [2.45, 2.75) is 6.61 Å². The third-order valence-electron chi connectivity index (χ3n) is 2.98. The van der Waals surface area contributed by atoms with E-state index in [1.165, 1.54) is 12.1 Å². The number of aromatic nitrogens is 3. The van der Waals surface area contributed by atoms with Gasteiger partial charge in [-0.05, 0) is 35.9 Å². The molecule has 1 aromatic carbocycles. The smallest absolute Gasteiger partial charge is 0.335 e. The van der Waals surface area contributed by atoms with Gasteiger partial charge in [-0.25, -0.2) is 14.8 Å². The number of aromatic carboxylic acids is 1. The first-order valence-corrected chi connectivity index (χ1v) is 6.21. The van der Waals surface area contributed by atoms with Crippen molar-refractivity contribution in [1.82, 2.24) is 15.0 Å². The highest BCUT2D eigenvalue weighted by Gasteiger charge is 2.08. The van der Waals surface area contributed by atoms with Crippen LogP contribution >= 0.6 is 0 Å². The molecule has 0 amide bonds. The zero-order valence-electron chi connectivity index (χ0n) is 10.9. The fraction of sp³-hybridized carbons (Fsp3) is 0.0714. The summed E-state index contributed by atoms with van der Waals surface area (Å²) in [5, 5.41) is 21.0. The van der Waals surface area contributed by atoms with Gasteiger partial charge in [0.1, 0.15) is 5.82 Å². The summed E-state index contributed by atoms with van der Waals surface area (Å²) >= 11 is 0. The SMILES string of the molecule is O=C(O)c1ccc2nc(Nc3cc(CO)ccn3)[nH]c2c1. The van der Waals surface area contributed by atoms with Gasteiger partial charge in [-0.2, -0.15) is 0 Å². The molecule has 106 valence electrons. The Morgan fingerprint density at radius 3 is 2.90 bits per heavy atom. The second kappa shape index (κ2) is 5.22. The number of nitrogens with zero attached hydrogens (tertiary/aromatic N) is 2. The number of aromatic amines is 1. The van der Waals surface area contributed by atoms with Crippen LogP contribution in [0.3, 0.4) is 0 Å². The number of anilines is 2. The number of carboxylic acids is 1. The molecule has 0 fully saturated rings. The first kappa shape index (κ1) is 13.1. The Morgan fingerprint density at radius 1 is 1.29 bits per heavy atom. The molecule has 0 unspecified atom stereocenters. The minimum atomic E-state index is -0.988. The molecule has 0 radical (unpaired) electrons. The Bertz CT molecular complexity index is 813. The van der Waals surface area contributed by atoms with Crippen LogP contribution in [-0.4, -0.2) is 31.1 Å². The highest BCUT2D eigenvalue weighted by atomic mass is 16.4. The van der Waals surface area contributed by atoms with Crippen LogP contribution in [0, 0.1) is 0 Å². The van der Waals surface area contributed by atoms with Crippen molar-refractivity contribution in [1.29, 1.82) is 0 Å². The largest absolute Gasteiger partial charge is 0.478 e. The van der Waals surface area contributed by atoms with E-state index < -0.39 is 5.97 Å². The van der Waals surface area contributed by atoms with Crippen molar-refractivity contribution in [3.8, 4) is 0 Å². The number of aliphatic hydroxyl groups excluding tert-OH is 1. The molecule has 0 spiro atoms. The summed E-state index contributed by atoms with van der Waals surface area (Å²) in [4.78, 5) is 22.3. The van der Waals surface area contributed by atoms with Gasteiger partial charge in [-0.1, -0.05) is 0 Å².